The largest absolute Gasteiger partial charge is 0.382 e. The number of rotatable bonds is 5. The zero-order valence-electron chi connectivity index (χ0n) is 14.0. The maximum atomic E-state index is 12.2. The van der Waals surface area contributed by atoms with Crippen LogP contribution in [0, 0.1) is 6.92 Å². The van der Waals surface area contributed by atoms with Crippen molar-refractivity contribution in [2.45, 2.75) is 46.1 Å². The predicted molar refractivity (Wildman–Crippen MR) is 94.0 cm³/mol. The Bertz CT molecular complexity index is 662. The summed E-state index contributed by atoms with van der Waals surface area (Å²) < 4.78 is 0. The lowest BCUT2D eigenvalue weighted by atomic mass is 10.0. The fraction of sp³-hybridized carbons (Fsp3) is 0.412. The molecule has 1 aromatic carbocycles. The summed E-state index contributed by atoms with van der Waals surface area (Å²) in [6.07, 6.45) is 0. The first-order chi connectivity index (χ1) is 10.4. The van der Waals surface area contributed by atoms with Gasteiger partial charge in [-0.15, -0.1) is 0 Å². The smallest absolute Gasteiger partial charge is 0.263 e. The van der Waals surface area contributed by atoms with E-state index in [9.17, 15) is 4.79 Å². The number of carbonyl (C=O) groups excluding carboxylic acids is 1. The summed E-state index contributed by atoms with van der Waals surface area (Å²) in [5.41, 5.74) is 4.18. The van der Waals surface area contributed by atoms with Crippen molar-refractivity contribution in [3.05, 3.63) is 41.2 Å². The van der Waals surface area contributed by atoms with Gasteiger partial charge in [0.25, 0.3) is 5.91 Å². The maximum absolute atomic E-state index is 12.2. The van der Waals surface area contributed by atoms with Gasteiger partial charge in [-0.2, -0.15) is 0 Å². The molecule has 0 aliphatic carbocycles. The molecule has 118 valence electrons. The number of nitrogens with zero attached hydrogens (tertiary/aromatic N) is 1. The second-order valence-electron chi connectivity index (χ2n) is 6.44. The number of amides is 1. The summed E-state index contributed by atoms with van der Waals surface area (Å²) in [6, 6.07) is 8.31. The molecule has 0 saturated heterocycles. The number of aromatic amines is 1. The fourth-order valence-electron chi connectivity index (χ4n) is 2.24. The third-order valence-electron chi connectivity index (χ3n) is 3.60. The second kappa shape index (κ2) is 6.92. The van der Waals surface area contributed by atoms with Gasteiger partial charge in [0, 0.05) is 11.3 Å². The van der Waals surface area contributed by atoms with Crippen molar-refractivity contribution in [3.63, 3.8) is 0 Å². The highest BCUT2D eigenvalue weighted by Gasteiger charge is 2.16. The molecule has 0 fully saturated rings. The zero-order valence-corrected chi connectivity index (χ0v) is 15.4. The van der Waals surface area contributed by atoms with Crippen LogP contribution in [0.2, 0.25) is 5.54 Å². The van der Waals surface area contributed by atoms with Gasteiger partial charge in [0.1, 0.15) is 21.2 Å². The first-order valence-corrected chi connectivity index (χ1v) is 9.36. The number of hydrogen-bond donors (Lipinski definition) is 2. The summed E-state index contributed by atoms with van der Waals surface area (Å²) in [4.78, 5) is 23.0. The van der Waals surface area contributed by atoms with Gasteiger partial charge in [-0.25, -0.2) is 4.98 Å². The number of imidazole rings is 1. The van der Waals surface area contributed by atoms with Gasteiger partial charge in [0.2, 0.25) is 0 Å². The van der Waals surface area contributed by atoms with E-state index in [2.05, 4.69) is 54.8 Å². The van der Waals surface area contributed by atoms with Crippen molar-refractivity contribution in [2.24, 2.45) is 0 Å². The van der Waals surface area contributed by atoms with Crippen molar-refractivity contribution >= 4 is 15.6 Å². The maximum Gasteiger partial charge on any atom is 0.263 e. The number of nitrogens with one attached hydrogen (secondary N) is 2. The lowest BCUT2D eigenvalue weighted by Gasteiger charge is -2.06. The standard InChI is InChI=1S/C17H25N3OSi/c1-10(2)13-7-6-8-14(9-13)16-18-12(5)15(19-16)17(21)20-22-11(3)4/h6-11H,22H2,1-5H3,(H,18,19)(H,20,21). The SMILES string of the molecule is Cc1[nH]c(-c2cccc(C(C)C)c2)nc1C(=O)N[SiH2]C(C)C. The van der Waals surface area contributed by atoms with Gasteiger partial charge in [-0.1, -0.05) is 45.9 Å². The summed E-state index contributed by atoms with van der Waals surface area (Å²) in [5, 5.41) is 0. The Labute approximate surface area is 134 Å². The van der Waals surface area contributed by atoms with Gasteiger partial charge >= 0.3 is 0 Å². The number of hydrogen-bond acceptors (Lipinski definition) is 2. The molecule has 22 heavy (non-hydrogen) atoms. The average Bonchev–Trinajstić information content (AvgIpc) is 2.87. The average molecular weight is 315 g/mol. The third-order valence-corrected chi connectivity index (χ3v) is 4.94. The third kappa shape index (κ3) is 3.85. The van der Waals surface area contributed by atoms with E-state index >= 15 is 0 Å². The van der Waals surface area contributed by atoms with Crippen LogP contribution in [0.5, 0.6) is 0 Å². The van der Waals surface area contributed by atoms with Crippen LogP contribution < -0.4 is 4.98 Å². The molecule has 2 aromatic rings. The van der Waals surface area contributed by atoms with Crippen LogP contribution in [-0.4, -0.2) is 25.6 Å². The molecule has 0 aliphatic rings. The lowest BCUT2D eigenvalue weighted by Crippen LogP contribution is -2.29. The molecule has 1 heterocycles. The summed E-state index contributed by atoms with van der Waals surface area (Å²) in [7, 11) is -0.585. The van der Waals surface area contributed by atoms with Crippen molar-refractivity contribution in [2.75, 3.05) is 0 Å². The number of carbonyl (C=O) groups is 1. The minimum atomic E-state index is -0.585. The normalized spacial score (nSPS) is 11.8. The van der Waals surface area contributed by atoms with Crippen LogP contribution in [0.4, 0.5) is 0 Å². The van der Waals surface area contributed by atoms with Crippen molar-refractivity contribution < 1.29 is 4.79 Å². The molecule has 5 heteroatoms. The zero-order chi connectivity index (χ0) is 16.3. The van der Waals surface area contributed by atoms with Crippen LogP contribution in [0.15, 0.2) is 24.3 Å². The van der Waals surface area contributed by atoms with E-state index in [1.807, 2.05) is 19.1 Å². The number of benzene rings is 1. The first-order valence-electron chi connectivity index (χ1n) is 7.83. The van der Waals surface area contributed by atoms with Gasteiger partial charge in [0.15, 0.2) is 0 Å². The van der Waals surface area contributed by atoms with Gasteiger partial charge in [-0.3, -0.25) is 4.79 Å². The van der Waals surface area contributed by atoms with E-state index in [1.165, 1.54) is 5.56 Å². The molecule has 0 atom stereocenters. The minimum absolute atomic E-state index is 0.0552. The molecule has 0 bridgehead atoms. The Morgan fingerprint density at radius 1 is 1.27 bits per heavy atom. The van der Waals surface area contributed by atoms with Crippen LogP contribution >= 0.6 is 0 Å². The second-order valence-corrected chi connectivity index (χ2v) is 8.84. The monoisotopic (exact) mass is 315 g/mol. The number of aryl methyl sites for hydroxylation is 1. The van der Waals surface area contributed by atoms with Crippen molar-refractivity contribution in [3.8, 4) is 11.4 Å². The minimum Gasteiger partial charge on any atom is -0.382 e. The Balaban J connectivity index is 2.26. The van der Waals surface area contributed by atoms with E-state index in [0.29, 0.717) is 17.2 Å². The van der Waals surface area contributed by atoms with Crippen LogP contribution in [0.1, 0.15) is 55.4 Å². The number of aromatic nitrogens is 2. The van der Waals surface area contributed by atoms with E-state index in [-0.39, 0.29) is 5.91 Å². The predicted octanol–water partition coefficient (Wildman–Crippen LogP) is 3.15. The highest BCUT2D eigenvalue weighted by atomic mass is 28.2. The Hall–Kier alpha value is -1.88. The van der Waals surface area contributed by atoms with Gasteiger partial charge < -0.3 is 9.97 Å². The van der Waals surface area contributed by atoms with Crippen LogP contribution in [0.25, 0.3) is 11.4 Å². The summed E-state index contributed by atoms with van der Waals surface area (Å²) >= 11 is 0. The highest BCUT2D eigenvalue weighted by Crippen LogP contribution is 2.23. The van der Waals surface area contributed by atoms with E-state index in [4.69, 9.17) is 0 Å². The molecule has 1 aromatic heterocycles. The quantitative estimate of drug-likeness (QED) is 0.833. The highest BCUT2D eigenvalue weighted by molar-refractivity contribution is 6.39. The molecule has 0 spiro atoms. The summed E-state index contributed by atoms with van der Waals surface area (Å²) in [5.74, 6) is 1.17. The fourth-order valence-corrected chi connectivity index (χ4v) is 3.00. The van der Waals surface area contributed by atoms with Gasteiger partial charge in [-0.05, 0) is 30.0 Å². The topological polar surface area (TPSA) is 57.8 Å². The van der Waals surface area contributed by atoms with Crippen LogP contribution in [0.3, 0.4) is 0 Å². The molecule has 0 radical (unpaired) electrons. The molecule has 2 N–H and O–H groups in total. The van der Waals surface area contributed by atoms with E-state index < -0.39 is 9.68 Å². The molecule has 1 amide bonds. The molecule has 0 aliphatic heterocycles. The Kier molecular flexibility index (Phi) is 5.18. The molecule has 4 nitrogen and oxygen atoms in total. The Morgan fingerprint density at radius 2 is 2.00 bits per heavy atom. The van der Waals surface area contributed by atoms with Gasteiger partial charge in [0.05, 0.1) is 0 Å². The molecule has 0 saturated carbocycles. The molecule has 2 rings (SSSR count). The number of H-pyrrole nitrogens is 1. The van der Waals surface area contributed by atoms with Crippen molar-refractivity contribution in [1.29, 1.82) is 0 Å². The van der Waals surface area contributed by atoms with E-state index in [1.54, 1.807) is 0 Å². The van der Waals surface area contributed by atoms with E-state index in [0.717, 1.165) is 17.1 Å². The molecular weight excluding hydrogens is 290 g/mol. The first kappa shape index (κ1) is 16.5. The Morgan fingerprint density at radius 3 is 2.64 bits per heavy atom. The van der Waals surface area contributed by atoms with Crippen molar-refractivity contribution in [1.82, 2.24) is 15.0 Å². The summed E-state index contributed by atoms with van der Waals surface area (Å²) in [6.45, 7) is 10.5. The lowest BCUT2D eigenvalue weighted by molar-refractivity contribution is 0.0975. The molecule has 0 unspecified atom stereocenters. The van der Waals surface area contributed by atoms with Crippen LogP contribution in [-0.2, 0) is 0 Å². The molecular formula is C17H25N3OSi.